The number of ether oxygens (including phenoxy) is 1. The Labute approximate surface area is 156 Å². The van der Waals surface area contributed by atoms with Gasteiger partial charge in [0.1, 0.15) is 0 Å². The van der Waals surface area contributed by atoms with Crippen LogP contribution < -0.4 is 0 Å². The molecule has 0 bridgehead atoms. The topological polar surface area (TPSA) is 9.23 Å². The molecule has 0 amide bonds. The summed E-state index contributed by atoms with van der Waals surface area (Å²) in [7, 11) is 0. The minimum Gasteiger partial charge on any atom is -0.373 e. The molecule has 2 atom stereocenters. The molecule has 1 heteroatoms. The molecule has 0 spiro atoms. The smallest absolute Gasteiger partial charge is 0.0675 e. The van der Waals surface area contributed by atoms with Crippen molar-refractivity contribution in [2.75, 3.05) is 0 Å². The van der Waals surface area contributed by atoms with Crippen molar-refractivity contribution in [3.05, 3.63) is 63.2 Å². The Hall–Kier alpha value is -0.0400. The number of hydrogen-bond donors (Lipinski definition) is 0. The van der Waals surface area contributed by atoms with Crippen LogP contribution in [0, 0.1) is 75.0 Å². The normalized spacial score (nSPS) is 30.7. The Bertz CT molecular complexity index is 332. The van der Waals surface area contributed by atoms with Gasteiger partial charge in [0.15, 0.2) is 0 Å². The van der Waals surface area contributed by atoms with Crippen LogP contribution in [-0.4, -0.2) is 12.2 Å². The van der Waals surface area contributed by atoms with Gasteiger partial charge in [0, 0.05) is 11.8 Å². The van der Waals surface area contributed by atoms with Gasteiger partial charge in [-0.25, -0.2) is 0 Å². The van der Waals surface area contributed by atoms with Gasteiger partial charge in [-0.3, -0.25) is 0 Å². The zero-order chi connectivity index (χ0) is 16.9. The van der Waals surface area contributed by atoms with E-state index in [0.717, 1.165) is 0 Å². The fourth-order valence-corrected chi connectivity index (χ4v) is 5.11. The number of hydrogen-bond acceptors (Lipinski definition) is 1. The Balaban J connectivity index is 1.48. The van der Waals surface area contributed by atoms with Gasteiger partial charge in [-0.1, -0.05) is 38.5 Å². The van der Waals surface area contributed by atoms with Crippen molar-refractivity contribution in [1.82, 2.24) is 0 Å². The predicted octanol–water partition coefficient (Wildman–Crippen LogP) is 5.71. The van der Waals surface area contributed by atoms with Gasteiger partial charge >= 0.3 is 0 Å². The van der Waals surface area contributed by atoms with Crippen LogP contribution in [0.1, 0.15) is 64.2 Å². The van der Waals surface area contributed by atoms with Crippen LogP contribution in [0.3, 0.4) is 0 Å². The fraction of sp³-hybridized carbons (Fsp3) is 0.583. The third kappa shape index (κ3) is 4.63. The van der Waals surface area contributed by atoms with E-state index < -0.39 is 0 Å². The third-order valence-electron chi connectivity index (χ3n) is 6.48. The van der Waals surface area contributed by atoms with Crippen LogP contribution in [0.2, 0.25) is 0 Å². The van der Waals surface area contributed by atoms with E-state index in [1.54, 1.807) is 0 Å². The molecule has 4 rings (SSSR count). The molecule has 10 radical (unpaired) electrons. The van der Waals surface area contributed by atoms with Crippen LogP contribution in [0.4, 0.5) is 0 Å². The van der Waals surface area contributed by atoms with Gasteiger partial charge in [-0.2, -0.15) is 0 Å². The SMILES string of the molecule is [CH]1[CH][CH][C]([C@@H](O[C@H]([C]2[CH][CH][CH][CH]2)C2CCCCC2)C2CCCCC2)[CH]1. The van der Waals surface area contributed by atoms with Gasteiger partial charge in [0.05, 0.1) is 12.2 Å². The summed E-state index contributed by atoms with van der Waals surface area (Å²) in [5.41, 5.74) is 0. The molecule has 4 aliphatic rings. The second-order valence-electron chi connectivity index (χ2n) is 8.21. The minimum atomic E-state index is 0.275. The summed E-state index contributed by atoms with van der Waals surface area (Å²) in [6, 6.07) is 0. The molecule has 4 fully saturated rings. The molecule has 0 saturated heterocycles. The van der Waals surface area contributed by atoms with E-state index >= 15 is 0 Å². The van der Waals surface area contributed by atoms with Gasteiger partial charge in [0.2, 0.25) is 0 Å². The maximum atomic E-state index is 7.02. The maximum Gasteiger partial charge on any atom is 0.0675 e. The van der Waals surface area contributed by atoms with Crippen LogP contribution in [0.15, 0.2) is 0 Å². The van der Waals surface area contributed by atoms with Crippen molar-refractivity contribution in [2.45, 2.75) is 76.4 Å². The lowest BCUT2D eigenvalue weighted by Crippen LogP contribution is -2.41. The molecule has 0 N–H and O–H groups in total. The average molecular weight is 337 g/mol. The third-order valence-corrected chi connectivity index (χ3v) is 6.48. The largest absolute Gasteiger partial charge is 0.373 e. The van der Waals surface area contributed by atoms with Gasteiger partial charge in [-0.15, -0.1) is 0 Å². The second-order valence-corrected chi connectivity index (χ2v) is 8.21. The number of rotatable bonds is 6. The highest BCUT2D eigenvalue weighted by Gasteiger charge is 2.41. The summed E-state index contributed by atoms with van der Waals surface area (Å²) in [4.78, 5) is 0. The summed E-state index contributed by atoms with van der Waals surface area (Å²) in [6.45, 7) is 0. The molecular formula is C24H32O. The molecule has 0 aliphatic heterocycles. The monoisotopic (exact) mass is 336 g/mol. The molecular weight excluding hydrogens is 304 g/mol. The van der Waals surface area contributed by atoms with Crippen LogP contribution in [0.25, 0.3) is 0 Å². The summed E-state index contributed by atoms with van der Waals surface area (Å²) in [6.07, 6.45) is 32.0. The Morgan fingerprint density at radius 1 is 0.560 bits per heavy atom. The highest BCUT2D eigenvalue weighted by molar-refractivity contribution is 5.40. The van der Waals surface area contributed by atoms with Gasteiger partial charge < -0.3 is 4.74 Å². The second kappa shape index (κ2) is 9.25. The molecule has 0 unspecified atom stereocenters. The predicted molar refractivity (Wildman–Crippen MR) is 103 cm³/mol. The molecule has 4 aliphatic carbocycles. The van der Waals surface area contributed by atoms with E-state index in [-0.39, 0.29) is 12.2 Å². The van der Waals surface area contributed by atoms with E-state index in [1.165, 1.54) is 76.0 Å². The molecule has 0 aromatic heterocycles. The first-order valence-electron chi connectivity index (χ1n) is 10.5. The molecule has 134 valence electrons. The Morgan fingerprint density at radius 3 is 1.28 bits per heavy atom. The van der Waals surface area contributed by atoms with Gasteiger partial charge in [0.25, 0.3) is 0 Å². The van der Waals surface area contributed by atoms with Crippen molar-refractivity contribution >= 4 is 0 Å². The fourth-order valence-electron chi connectivity index (χ4n) is 5.11. The molecule has 0 aromatic carbocycles. The minimum absolute atomic E-state index is 0.275. The Morgan fingerprint density at radius 2 is 0.920 bits per heavy atom. The lowest BCUT2D eigenvalue weighted by molar-refractivity contribution is -0.0595. The van der Waals surface area contributed by atoms with Crippen LogP contribution >= 0.6 is 0 Å². The maximum absolute atomic E-state index is 7.02. The molecule has 0 aromatic rings. The lowest BCUT2D eigenvalue weighted by Gasteiger charge is -2.41. The summed E-state index contributed by atoms with van der Waals surface area (Å²) in [5, 5.41) is 0. The van der Waals surface area contributed by atoms with Gasteiger partial charge in [-0.05, 0) is 88.9 Å². The standard InChI is InChI=1S/C24H32O/c1-3-11-19(12-4-1)23(21-15-7-8-16-21)25-24(22-17-9-10-18-22)20-13-5-2-6-14-20/h7-10,15-20,23-24H,1-6,11-14H2/t23-,24-/m0/s1. The van der Waals surface area contributed by atoms with E-state index in [0.29, 0.717) is 11.8 Å². The summed E-state index contributed by atoms with van der Waals surface area (Å²) >= 11 is 0. The first-order valence-corrected chi connectivity index (χ1v) is 10.5. The molecule has 4 saturated carbocycles. The van der Waals surface area contributed by atoms with E-state index in [4.69, 9.17) is 4.74 Å². The summed E-state index contributed by atoms with van der Waals surface area (Å²) in [5.74, 6) is 4.19. The van der Waals surface area contributed by atoms with Crippen molar-refractivity contribution in [2.24, 2.45) is 11.8 Å². The molecule has 1 nitrogen and oxygen atoms in total. The lowest BCUT2D eigenvalue weighted by atomic mass is 9.77. The Kier molecular flexibility index (Phi) is 6.78. The highest BCUT2D eigenvalue weighted by Crippen LogP contribution is 2.44. The van der Waals surface area contributed by atoms with E-state index in [9.17, 15) is 0 Å². The first kappa shape index (κ1) is 18.3. The molecule has 25 heavy (non-hydrogen) atoms. The van der Waals surface area contributed by atoms with Crippen LogP contribution in [0.5, 0.6) is 0 Å². The average Bonchev–Trinajstić information content (AvgIpc) is 3.38. The van der Waals surface area contributed by atoms with E-state index in [2.05, 4.69) is 51.4 Å². The summed E-state index contributed by atoms with van der Waals surface area (Å²) < 4.78 is 7.02. The quantitative estimate of drug-likeness (QED) is 0.603. The first-order chi connectivity index (χ1) is 12.4. The van der Waals surface area contributed by atoms with Crippen molar-refractivity contribution in [3.63, 3.8) is 0 Å². The zero-order valence-electron chi connectivity index (χ0n) is 15.4. The molecule has 0 heterocycles. The van der Waals surface area contributed by atoms with Crippen LogP contribution in [-0.2, 0) is 4.74 Å². The van der Waals surface area contributed by atoms with Crippen molar-refractivity contribution in [3.8, 4) is 0 Å². The van der Waals surface area contributed by atoms with Crippen molar-refractivity contribution < 1.29 is 4.74 Å². The van der Waals surface area contributed by atoms with Crippen molar-refractivity contribution in [1.29, 1.82) is 0 Å². The zero-order valence-corrected chi connectivity index (χ0v) is 15.4. The highest BCUT2D eigenvalue weighted by atomic mass is 16.5. The van der Waals surface area contributed by atoms with E-state index in [1.807, 2.05) is 0 Å².